The van der Waals surface area contributed by atoms with Crippen LogP contribution in [0.1, 0.15) is 57.6 Å². The molecule has 0 saturated heterocycles. The van der Waals surface area contributed by atoms with Crippen LogP contribution in [0.4, 0.5) is 14.6 Å². The average Bonchev–Trinajstić information content (AvgIpc) is 2.86. The van der Waals surface area contributed by atoms with E-state index in [1.54, 1.807) is 10.7 Å². The molecular weight excluding hydrogens is 348 g/mol. The van der Waals surface area contributed by atoms with Crippen molar-refractivity contribution in [1.29, 1.82) is 0 Å². The molecule has 0 radical (unpaired) electrons. The number of halogens is 3. The summed E-state index contributed by atoms with van der Waals surface area (Å²) in [6.45, 7) is 11.9. The average molecular weight is 370 g/mol. The SMILES string of the molecule is CC(C)(C)c1cc(NC(=O)c2cc(F)c(F)cc2Cl)n(C(C)(C)C)n1. The molecule has 25 heavy (non-hydrogen) atoms. The number of benzene rings is 1. The van der Waals surface area contributed by atoms with E-state index in [-0.39, 0.29) is 21.5 Å². The number of rotatable bonds is 2. The number of carbonyl (C=O) groups is 1. The van der Waals surface area contributed by atoms with Gasteiger partial charge in [0.05, 0.1) is 21.8 Å². The third-order valence-electron chi connectivity index (χ3n) is 3.61. The molecule has 0 spiro atoms. The van der Waals surface area contributed by atoms with Gasteiger partial charge in [-0.05, 0) is 32.9 Å². The molecule has 1 amide bonds. The van der Waals surface area contributed by atoms with Crippen molar-refractivity contribution in [3.05, 3.63) is 46.1 Å². The molecule has 1 aromatic carbocycles. The van der Waals surface area contributed by atoms with E-state index < -0.39 is 17.5 Å². The van der Waals surface area contributed by atoms with Gasteiger partial charge in [-0.2, -0.15) is 5.10 Å². The van der Waals surface area contributed by atoms with Crippen molar-refractivity contribution >= 4 is 23.3 Å². The Hall–Kier alpha value is -1.95. The van der Waals surface area contributed by atoms with Gasteiger partial charge in [-0.1, -0.05) is 32.4 Å². The third-order valence-corrected chi connectivity index (χ3v) is 3.92. The second-order valence-electron chi connectivity index (χ2n) is 7.95. The molecule has 4 nitrogen and oxygen atoms in total. The topological polar surface area (TPSA) is 46.9 Å². The summed E-state index contributed by atoms with van der Waals surface area (Å²) >= 11 is 5.88. The number of nitrogens with zero attached hydrogens (tertiary/aromatic N) is 2. The number of nitrogens with one attached hydrogen (secondary N) is 1. The van der Waals surface area contributed by atoms with Crippen LogP contribution in [-0.4, -0.2) is 15.7 Å². The van der Waals surface area contributed by atoms with Crippen molar-refractivity contribution in [2.45, 2.75) is 52.5 Å². The molecule has 0 atom stereocenters. The Bertz CT molecular complexity index is 817. The van der Waals surface area contributed by atoms with Gasteiger partial charge in [-0.15, -0.1) is 0 Å². The zero-order valence-corrected chi connectivity index (χ0v) is 15.9. The predicted octanol–water partition coefficient (Wildman–Crippen LogP) is 5.12. The summed E-state index contributed by atoms with van der Waals surface area (Å²) in [4.78, 5) is 12.5. The number of amides is 1. The lowest BCUT2D eigenvalue weighted by atomic mass is 9.92. The molecule has 2 aromatic rings. The minimum Gasteiger partial charge on any atom is -0.307 e. The van der Waals surface area contributed by atoms with Crippen molar-refractivity contribution in [1.82, 2.24) is 9.78 Å². The fourth-order valence-electron chi connectivity index (χ4n) is 2.23. The van der Waals surface area contributed by atoms with Crippen molar-refractivity contribution in [3.63, 3.8) is 0 Å². The normalized spacial score (nSPS) is 12.4. The van der Waals surface area contributed by atoms with Crippen LogP contribution in [0.15, 0.2) is 18.2 Å². The molecule has 0 fully saturated rings. The van der Waals surface area contributed by atoms with Gasteiger partial charge in [0.2, 0.25) is 0 Å². The van der Waals surface area contributed by atoms with Crippen molar-refractivity contribution in [2.24, 2.45) is 0 Å². The summed E-state index contributed by atoms with van der Waals surface area (Å²) in [7, 11) is 0. The van der Waals surface area contributed by atoms with E-state index in [4.69, 9.17) is 11.6 Å². The highest BCUT2D eigenvalue weighted by Gasteiger charge is 2.26. The van der Waals surface area contributed by atoms with E-state index in [1.807, 2.05) is 41.5 Å². The fourth-order valence-corrected chi connectivity index (χ4v) is 2.46. The quantitative estimate of drug-likeness (QED) is 0.747. The number of hydrogen-bond donors (Lipinski definition) is 1. The molecule has 1 aromatic heterocycles. The number of carbonyl (C=O) groups excluding carboxylic acids is 1. The molecule has 0 bridgehead atoms. The molecule has 0 unspecified atom stereocenters. The second kappa shape index (κ2) is 6.41. The van der Waals surface area contributed by atoms with Crippen molar-refractivity contribution in [2.75, 3.05) is 5.32 Å². The molecule has 136 valence electrons. The highest BCUT2D eigenvalue weighted by molar-refractivity contribution is 6.34. The van der Waals surface area contributed by atoms with Crippen LogP contribution in [0.5, 0.6) is 0 Å². The van der Waals surface area contributed by atoms with E-state index in [9.17, 15) is 13.6 Å². The molecule has 0 aliphatic carbocycles. The zero-order valence-electron chi connectivity index (χ0n) is 15.2. The van der Waals surface area contributed by atoms with Crippen LogP contribution in [-0.2, 0) is 11.0 Å². The van der Waals surface area contributed by atoms with Crippen LogP contribution in [0.3, 0.4) is 0 Å². The van der Waals surface area contributed by atoms with Gasteiger partial charge >= 0.3 is 0 Å². The van der Waals surface area contributed by atoms with E-state index in [1.165, 1.54) is 0 Å². The minimum atomic E-state index is -1.13. The molecule has 0 aliphatic rings. The Morgan fingerprint density at radius 2 is 1.64 bits per heavy atom. The first kappa shape index (κ1) is 19.4. The van der Waals surface area contributed by atoms with Crippen LogP contribution in [0.2, 0.25) is 5.02 Å². The first-order valence-corrected chi connectivity index (χ1v) is 8.25. The summed E-state index contributed by atoms with van der Waals surface area (Å²) in [6.07, 6.45) is 0. The molecule has 1 N–H and O–H groups in total. The van der Waals surface area contributed by atoms with Crippen LogP contribution < -0.4 is 5.32 Å². The summed E-state index contributed by atoms with van der Waals surface area (Å²) in [6, 6.07) is 3.35. The Morgan fingerprint density at radius 1 is 1.08 bits per heavy atom. The van der Waals surface area contributed by atoms with E-state index in [2.05, 4.69) is 10.4 Å². The van der Waals surface area contributed by atoms with Gasteiger partial charge in [-0.25, -0.2) is 13.5 Å². The lowest BCUT2D eigenvalue weighted by molar-refractivity contribution is 0.102. The molecular formula is C18H22ClF2N3O. The van der Waals surface area contributed by atoms with Crippen LogP contribution >= 0.6 is 11.6 Å². The Balaban J connectivity index is 2.44. The van der Waals surface area contributed by atoms with Gasteiger partial charge in [-0.3, -0.25) is 4.79 Å². The van der Waals surface area contributed by atoms with Gasteiger partial charge in [0.1, 0.15) is 5.82 Å². The molecule has 0 aliphatic heterocycles. The molecule has 1 heterocycles. The first-order chi connectivity index (χ1) is 11.3. The van der Waals surface area contributed by atoms with Crippen molar-refractivity contribution < 1.29 is 13.6 Å². The van der Waals surface area contributed by atoms with Gasteiger partial charge in [0.25, 0.3) is 5.91 Å². The zero-order chi connectivity index (χ0) is 19.2. The molecule has 0 saturated carbocycles. The van der Waals surface area contributed by atoms with Gasteiger partial charge < -0.3 is 5.32 Å². The van der Waals surface area contributed by atoms with E-state index in [0.717, 1.165) is 17.8 Å². The maximum atomic E-state index is 13.5. The highest BCUT2D eigenvalue weighted by Crippen LogP contribution is 2.29. The minimum absolute atomic E-state index is 0.139. The number of hydrogen-bond acceptors (Lipinski definition) is 2. The largest absolute Gasteiger partial charge is 0.307 e. The lowest BCUT2D eigenvalue weighted by Gasteiger charge is -2.23. The monoisotopic (exact) mass is 369 g/mol. The standard InChI is InChI=1S/C18H22ClF2N3O/c1-17(2,3)14-9-15(24(23-14)18(4,5)6)22-16(25)10-7-12(20)13(21)8-11(10)19/h7-9H,1-6H3,(H,22,25). The van der Waals surface area contributed by atoms with E-state index >= 15 is 0 Å². The van der Waals surface area contributed by atoms with Crippen LogP contribution in [0.25, 0.3) is 0 Å². The second-order valence-corrected chi connectivity index (χ2v) is 8.35. The molecule has 2 rings (SSSR count). The smallest absolute Gasteiger partial charge is 0.258 e. The van der Waals surface area contributed by atoms with Crippen LogP contribution in [0, 0.1) is 11.6 Å². The fraction of sp³-hybridized carbons (Fsp3) is 0.444. The van der Waals surface area contributed by atoms with Gasteiger partial charge in [0.15, 0.2) is 11.6 Å². The maximum Gasteiger partial charge on any atom is 0.258 e. The number of anilines is 1. The Kier molecular flexibility index (Phi) is 4.97. The summed E-state index contributed by atoms with van der Waals surface area (Å²) in [5, 5.41) is 7.13. The maximum absolute atomic E-state index is 13.5. The highest BCUT2D eigenvalue weighted by atomic mass is 35.5. The van der Waals surface area contributed by atoms with E-state index in [0.29, 0.717) is 5.82 Å². The third kappa shape index (κ3) is 4.18. The number of aromatic nitrogens is 2. The predicted molar refractivity (Wildman–Crippen MR) is 95.2 cm³/mol. The summed E-state index contributed by atoms with van der Waals surface area (Å²) < 4.78 is 28.3. The summed E-state index contributed by atoms with van der Waals surface area (Å²) in [5.41, 5.74) is 0.0631. The molecule has 7 heteroatoms. The lowest BCUT2D eigenvalue weighted by Crippen LogP contribution is -2.27. The Morgan fingerprint density at radius 3 is 2.16 bits per heavy atom. The van der Waals surface area contributed by atoms with Crippen molar-refractivity contribution in [3.8, 4) is 0 Å². The Labute approximate surface area is 151 Å². The first-order valence-electron chi connectivity index (χ1n) is 7.87. The van der Waals surface area contributed by atoms with Gasteiger partial charge in [0, 0.05) is 11.5 Å². The summed E-state index contributed by atoms with van der Waals surface area (Å²) in [5.74, 6) is -2.40.